The molecule has 122 valence electrons. The lowest BCUT2D eigenvalue weighted by Gasteiger charge is -2.04. The van der Waals surface area contributed by atoms with Crippen LogP contribution in [0.25, 0.3) is 0 Å². The second-order valence-corrected chi connectivity index (χ2v) is 5.85. The Morgan fingerprint density at radius 2 is 2.04 bits per heavy atom. The Kier molecular flexibility index (Phi) is 4.62. The minimum Gasteiger partial charge on any atom is -0.304 e. The first-order chi connectivity index (χ1) is 11.5. The van der Waals surface area contributed by atoms with Crippen LogP contribution in [0.15, 0.2) is 54.7 Å². The van der Waals surface area contributed by atoms with E-state index in [-0.39, 0.29) is 24.1 Å². The van der Waals surface area contributed by atoms with Crippen LogP contribution in [0.1, 0.15) is 21.5 Å². The Hall–Kier alpha value is -2.66. The SMILES string of the molecule is Cc1cccc(C(=O)Nc2nn(Cc3ccccc3F)cc2Cl)c1. The maximum Gasteiger partial charge on any atom is 0.256 e. The second-order valence-electron chi connectivity index (χ2n) is 5.44. The topological polar surface area (TPSA) is 46.9 Å². The standard InChI is InChI=1S/C18H15ClFN3O/c1-12-5-4-7-13(9-12)18(24)21-17-15(19)11-23(22-17)10-14-6-2-3-8-16(14)20/h2-9,11H,10H2,1H3,(H,21,22,24). The summed E-state index contributed by atoms with van der Waals surface area (Å²) in [6, 6.07) is 13.7. The molecule has 0 aliphatic carbocycles. The lowest BCUT2D eigenvalue weighted by atomic mass is 10.1. The zero-order chi connectivity index (χ0) is 17.1. The normalized spacial score (nSPS) is 10.6. The lowest BCUT2D eigenvalue weighted by molar-refractivity contribution is 0.102. The van der Waals surface area contributed by atoms with Crippen molar-refractivity contribution < 1.29 is 9.18 Å². The van der Waals surface area contributed by atoms with Gasteiger partial charge in [0.05, 0.1) is 6.54 Å². The van der Waals surface area contributed by atoms with Crippen molar-refractivity contribution in [2.45, 2.75) is 13.5 Å². The number of amides is 1. The summed E-state index contributed by atoms with van der Waals surface area (Å²) in [5, 5.41) is 7.20. The van der Waals surface area contributed by atoms with Gasteiger partial charge in [0, 0.05) is 17.3 Å². The number of hydrogen-bond acceptors (Lipinski definition) is 2. The van der Waals surface area contributed by atoms with Gasteiger partial charge in [-0.25, -0.2) is 4.39 Å². The van der Waals surface area contributed by atoms with Gasteiger partial charge in [0.15, 0.2) is 5.82 Å². The van der Waals surface area contributed by atoms with Crippen molar-refractivity contribution in [3.05, 3.63) is 82.3 Å². The monoisotopic (exact) mass is 343 g/mol. The summed E-state index contributed by atoms with van der Waals surface area (Å²) in [7, 11) is 0. The first kappa shape index (κ1) is 16.2. The Morgan fingerprint density at radius 3 is 2.79 bits per heavy atom. The number of rotatable bonds is 4. The summed E-state index contributed by atoms with van der Waals surface area (Å²) in [6.45, 7) is 2.14. The molecule has 1 N–H and O–H groups in total. The summed E-state index contributed by atoms with van der Waals surface area (Å²) in [4.78, 5) is 12.3. The van der Waals surface area contributed by atoms with E-state index in [1.165, 1.54) is 10.7 Å². The molecule has 0 spiro atoms. The van der Waals surface area contributed by atoms with E-state index in [0.29, 0.717) is 16.1 Å². The Bertz CT molecular complexity index is 891. The zero-order valence-electron chi connectivity index (χ0n) is 13.0. The molecule has 0 saturated heterocycles. The Balaban J connectivity index is 1.77. The number of nitrogens with zero attached hydrogens (tertiary/aromatic N) is 2. The third-order valence-corrected chi connectivity index (χ3v) is 3.80. The van der Waals surface area contributed by atoms with Gasteiger partial charge in [0.25, 0.3) is 5.91 Å². The summed E-state index contributed by atoms with van der Waals surface area (Å²) in [6.07, 6.45) is 1.56. The second kappa shape index (κ2) is 6.84. The van der Waals surface area contributed by atoms with E-state index in [4.69, 9.17) is 11.6 Å². The molecule has 1 aromatic heterocycles. The van der Waals surface area contributed by atoms with Crippen LogP contribution >= 0.6 is 11.6 Å². The first-order valence-corrected chi connectivity index (χ1v) is 7.75. The van der Waals surface area contributed by atoms with Gasteiger partial charge in [-0.15, -0.1) is 0 Å². The van der Waals surface area contributed by atoms with Gasteiger partial charge < -0.3 is 5.32 Å². The molecule has 2 aromatic carbocycles. The maximum atomic E-state index is 13.7. The van der Waals surface area contributed by atoms with Gasteiger partial charge in [-0.1, -0.05) is 47.5 Å². The highest BCUT2D eigenvalue weighted by atomic mass is 35.5. The van der Waals surface area contributed by atoms with Crippen molar-refractivity contribution in [2.75, 3.05) is 5.32 Å². The molecule has 3 aromatic rings. The highest BCUT2D eigenvalue weighted by Crippen LogP contribution is 2.21. The molecular weight excluding hydrogens is 329 g/mol. The molecule has 0 radical (unpaired) electrons. The van der Waals surface area contributed by atoms with Gasteiger partial charge in [-0.05, 0) is 25.1 Å². The molecule has 4 nitrogen and oxygen atoms in total. The van der Waals surface area contributed by atoms with Gasteiger partial charge in [0.2, 0.25) is 0 Å². The van der Waals surface area contributed by atoms with E-state index < -0.39 is 0 Å². The van der Waals surface area contributed by atoms with Crippen LogP contribution < -0.4 is 5.32 Å². The number of carbonyl (C=O) groups excluding carboxylic acids is 1. The van der Waals surface area contributed by atoms with Crippen LogP contribution in [0.4, 0.5) is 10.2 Å². The molecule has 3 rings (SSSR count). The van der Waals surface area contributed by atoms with Crippen LogP contribution in [-0.4, -0.2) is 15.7 Å². The van der Waals surface area contributed by atoms with Gasteiger partial charge in [-0.3, -0.25) is 9.48 Å². The molecule has 0 aliphatic heterocycles. The van der Waals surface area contributed by atoms with E-state index in [2.05, 4.69) is 10.4 Å². The quantitative estimate of drug-likeness (QED) is 0.768. The Morgan fingerprint density at radius 1 is 1.25 bits per heavy atom. The van der Waals surface area contributed by atoms with E-state index in [1.54, 1.807) is 36.5 Å². The van der Waals surface area contributed by atoms with Crippen LogP contribution in [-0.2, 0) is 6.54 Å². The first-order valence-electron chi connectivity index (χ1n) is 7.37. The molecule has 1 amide bonds. The average Bonchev–Trinajstić information content (AvgIpc) is 2.89. The molecule has 0 aliphatic rings. The lowest BCUT2D eigenvalue weighted by Crippen LogP contribution is -2.13. The van der Waals surface area contributed by atoms with Crippen LogP contribution in [0, 0.1) is 12.7 Å². The molecule has 0 atom stereocenters. The summed E-state index contributed by atoms with van der Waals surface area (Å²) in [5.74, 6) is -0.356. The predicted octanol–water partition coefficient (Wildman–Crippen LogP) is 4.28. The fourth-order valence-corrected chi connectivity index (χ4v) is 2.53. The summed E-state index contributed by atoms with van der Waals surface area (Å²) < 4.78 is 15.2. The number of halogens is 2. The number of nitrogens with one attached hydrogen (secondary N) is 1. The third-order valence-electron chi connectivity index (χ3n) is 3.52. The number of carbonyl (C=O) groups is 1. The van der Waals surface area contributed by atoms with Gasteiger partial charge in [-0.2, -0.15) is 5.10 Å². The van der Waals surface area contributed by atoms with Crippen molar-refractivity contribution in [1.82, 2.24) is 9.78 Å². The zero-order valence-corrected chi connectivity index (χ0v) is 13.7. The molecular formula is C18H15ClFN3O. The number of hydrogen-bond donors (Lipinski definition) is 1. The highest BCUT2D eigenvalue weighted by molar-refractivity contribution is 6.33. The smallest absolute Gasteiger partial charge is 0.256 e. The van der Waals surface area contributed by atoms with Crippen LogP contribution in [0.2, 0.25) is 5.02 Å². The van der Waals surface area contributed by atoms with Crippen molar-refractivity contribution in [3.8, 4) is 0 Å². The largest absolute Gasteiger partial charge is 0.304 e. The molecule has 0 bridgehead atoms. The summed E-state index contributed by atoms with van der Waals surface area (Å²) >= 11 is 6.12. The highest BCUT2D eigenvalue weighted by Gasteiger charge is 2.13. The molecule has 24 heavy (non-hydrogen) atoms. The molecule has 0 saturated carbocycles. The van der Waals surface area contributed by atoms with Crippen LogP contribution in [0.3, 0.4) is 0 Å². The van der Waals surface area contributed by atoms with Gasteiger partial charge >= 0.3 is 0 Å². The van der Waals surface area contributed by atoms with E-state index in [1.807, 2.05) is 19.1 Å². The number of aromatic nitrogens is 2. The van der Waals surface area contributed by atoms with Crippen LogP contribution in [0.5, 0.6) is 0 Å². The summed E-state index contributed by atoms with van der Waals surface area (Å²) in [5.41, 5.74) is 2.00. The van der Waals surface area contributed by atoms with Gasteiger partial charge in [0.1, 0.15) is 10.8 Å². The minimum atomic E-state index is -0.311. The van der Waals surface area contributed by atoms with Crippen molar-refractivity contribution in [2.24, 2.45) is 0 Å². The van der Waals surface area contributed by atoms with E-state index in [9.17, 15) is 9.18 Å². The number of aryl methyl sites for hydroxylation is 1. The third kappa shape index (κ3) is 3.63. The van der Waals surface area contributed by atoms with Crippen molar-refractivity contribution in [3.63, 3.8) is 0 Å². The molecule has 0 unspecified atom stereocenters. The predicted molar refractivity (Wildman–Crippen MR) is 91.9 cm³/mol. The Labute approximate surface area is 143 Å². The molecule has 0 fully saturated rings. The fraction of sp³-hybridized carbons (Fsp3) is 0.111. The molecule has 1 heterocycles. The van der Waals surface area contributed by atoms with E-state index in [0.717, 1.165) is 5.56 Å². The number of anilines is 1. The number of benzene rings is 2. The fourth-order valence-electron chi connectivity index (χ4n) is 2.33. The average molecular weight is 344 g/mol. The molecule has 6 heteroatoms. The maximum absolute atomic E-state index is 13.7. The minimum absolute atomic E-state index is 0.229. The van der Waals surface area contributed by atoms with Crippen molar-refractivity contribution >= 4 is 23.3 Å². The van der Waals surface area contributed by atoms with E-state index >= 15 is 0 Å². The van der Waals surface area contributed by atoms with Crippen molar-refractivity contribution in [1.29, 1.82) is 0 Å².